The third kappa shape index (κ3) is 3.92. The van der Waals surface area contributed by atoms with Crippen LogP contribution in [0.5, 0.6) is 5.75 Å². The van der Waals surface area contributed by atoms with Crippen LogP contribution < -0.4 is 15.4 Å². The van der Waals surface area contributed by atoms with Crippen LogP contribution in [-0.4, -0.2) is 24.8 Å². The Hall–Kier alpha value is -1.86. The molecule has 1 aromatic rings. The van der Waals surface area contributed by atoms with Crippen LogP contribution in [-0.2, 0) is 9.53 Å². The van der Waals surface area contributed by atoms with Gasteiger partial charge < -0.3 is 20.1 Å². The minimum Gasteiger partial charge on any atom is -0.496 e. The first-order valence-electron chi connectivity index (χ1n) is 6.87. The highest BCUT2D eigenvalue weighted by atomic mass is 79.9. The number of ether oxygens (including phenoxy) is 2. The standard InChI is InChI=1S/C16H17BrN2O3S/c1-4-7-22-15(20)13-9(2)18-16(23)19-14(13)11-8-10(17)5-6-12(11)21-3/h4-6,8,14H,1,7H2,2-3H3,(H2,18,19,23)/t14-/m0/s1. The summed E-state index contributed by atoms with van der Waals surface area (Å²) in [4.78, 5) is 12.4. The van der Waals surface area contributed by atoms with E-state index in [1.54, 1.807) is 14.0 Å². The van der Waals surface area contributed by atoms with Crippen molar-refractivity contribution < 1.29 is 14.3 Å². The zero-order chi connectivity index (χ0) is 17.0. The normalized spacial score (nSPS) is 17.2. The summed E-state index contributed by atoms with van der Waals surface area (Å²) in [5, 5.41) is 6.51. The maximum Gasteiger partial charge on any atom is 0.338 e. The molecule has 23 heavy (non-hydrogen) atoms. The van der Waals surface area contributed by atoms with Gasteiger partial charge in [0.2, 0.25) is 0 Å². The van der Waals surface area contributed by atoms with E-state index in [4.69, 9.17) is 21.7 Å². The van der Waals surface area contributed by atoms with E-state index in [-0.39, 0.29) is 6.61 Å². The maximum atomic E-state index is 12.4. The number of methoxy groups -OCH3 is 1. The first kappa shape index (κ1) is 17.5. The molecule has 2 N–H and O–H groups in total. The summed E-state index contributed by atoms with van der Waals surface area (Å²) in [7, 11) is 1.58. The van der Waals surface area contributed by atoms with E-state index in [1.807, 2.05) is 18.2 Å². The average molecular weight is 397 g/mol. The Morgan fingerprint density at radius 2 is 2.26 bits per heavy atom. The van der Waals surface area contributed by atoms with E-state index >= 15 is 0 Å². The number of carbonyl (C=O) groups is 1. The summed E-state index contributed by atoms with van der Waals surface area (Å²) in [5.41, 5.74) is 1.89. The molecular weight excluding hydrogens is 380 g/mol. The molecule has 0 bridgehead atoms. The summed E-state index contributed by atoms with van der Waals surface area (Å²) in [6, 6.07) is 5.12. The molecule has 2 rings (SSSR count). The molecule has 0 amide bonds. The van der Waals surface area contributed by atoms with E-state index in [0.29, 0.717) is 22.1 Å². The van der Waals surface area contributed by atoms with Gasteiger partial charge in [0, 0.05) is 15.7 Å². The Morgan fingerprint density at radius 1 is 1.52 bits per heavy atom. The summed E-state index contributed by atoms with van der Waals surface area (Å²) in [6.07, 6.45) is 1.52. The lowest BCUT2D eigenvalue weighted by Gasteiger charge is -2.30. The van der Waals surface area contributed by atoms with E-state index in [2.05, 4.69) is 33.1 Å². The SMILES string of the molecule is C=CCOC(=O)C1=C(C)NC(=S)N[C@H]1c1cc(Br)ccc1OC. The minimum atomic E-state index is -0.464. The molecule has 0 unspecified atom stereocenters. The Morgan fingerprint density at radius 3 is 2.91 bits per heavy atom. The van der Waals surface area contributed by atoms with Crippen LogP contribution in [0.1, 0.15) is 18.5 Å². The van der Waals surface area contributed by atoms with Gasteiger partial charge in [0.15, 0.2) is 5.11 Å². The van der Waals surface area contributed by atoms with E-state index in [9.17, 15) is 4.79 Å². The fourth-order valence-corrected chi connectivity index (χ4v) is 2.99. The third-order valence-electron chi connectivity index (χ3n) is 3.32. The molecule has 1 heterocycles. The monoisotopic (exact) mass is 396 g/mol. The van der Waals surface area contributed by atoms with Crippen molar-refractivity contribution in [1.29, 1.82) is 0 Å². The number of hydrogen-bond acceptors (Lipinski definition) is 4. The molecule has 1 aliphatic rings. The lowest BCUT2D eigenvalue weighted by atomic mass is 9.95. The predicted octanol–water partition coefficient (Wildman–Crippen LogP) is 2.98. The first-order chi connectivity index (χ1) is 11.0. The van der Waals surface area contributed by atoms with Crippen LogP contribution in [0.2, 0.25) is 0 Å². The number of carbonyl (C=O) groups excluding carboxylic acids is 1. The highest BCUT2D eigenvalue weighted by Crippen LogP contribution is 2.35. The summed E-state index contributed by atoms with van der Waals surface area (Å²) in [6.45, 7) is 5.48. The number of esters is 1. The van der Waals surface area contributed by atoms with Crippen molar-refractivity contribution in [2.45, 2.75) is 13.0 Å². The van der Waals surface area contributed by atoms with Gasteiger partial charge in [-0.2, -0.15) is 0 Å². The Labute approximate surface area is 148 Å². The van der Waals surface area contributed by atoms with Gasteiger partial charge in [-0.3, -0.25) is 0 Å². The van der Waals surface area contributed by atoms with Crippen LogP contribution in [0.15, 0.2) is 46.6 Å². The number of hydrogen-bond donors (Lipinski definition) is 2. The number of benzene rings is 1. The lowest BCUT2D eigenvalue weighted by Crippen LogP contribution is -2.45. The second-order valence-electron chi connectivity index (χ2n) is 4.84. The topological polar surface area (TPSA) is 59.6 Å². The van der Waals surface area contributed by atoms with Gasteiger partial charge in [-0.25, -0.2) is 4.79 Å². The van der Waals surface area contributed by atoms with Crippen molar-refractivity contribution in [2.24, 2.45) is 0 Å². The van der Waals surface area contributed by atoms with Crippen LogP contribution in [0.25, 0.3) is 0 Å². The molecule has 0 spiro atoms. The zero-order valence-electron chi connectivity index (χ0n) is 12.8. The second-order valence-corrected chi connectivity index (χ2v) is 6.17. The van der Waals surface area contributed by atoms with Crippen molar-refractivity contribution in [1.82, 2.24) is 10.6 Å². The molecule has 122 valence electrons. The van der Waals surface area contributed by atoms with Gasteiger partial charge in [-0.1, -0.05) is 28.6 Å². The third-order valence-corrected chi connectivity index (χ3v) is 4.04. The largest absolute Gasteiger partial charge is 0.496 e. The number of nitrogens with one attached hydrogen (secondary N) is 2. The zero-order valence-corrected chi connectivity index (χ0v) is 15.2. The van der Waals surface area contributed by atoms with Crippen molar-refractivity contribution >= 4 is 39.2 Å². The minimum absolute atomic E-state index is 0.141. The Kier molecular flexibility index (Phi) is 5.79. The smallest absolute Gasteiger partial charge is 0.338 e. The molecule has 1 aliphatic heterocycles. The van der Waals surface area contributed by atoms with Gasteiger partial charge in [0.1, 0.15) is 12.4 Å². The summed E-state index contributed by atoms with van der Waals surface area (Å²) >= 11 is 8.67. The number of allylic oxidation sites excluding steroid dienone is 1. The van der Waals surface area contributed by atoms with E-state index < -0.39 is 12.0 Å². The molecule has 0 saturated heterocycles. The molecule has 7 heteroatoms. The van der Waals surface area contributed by atoms with Crippen molar-refractivity contribution in [3.05, 3.63) is 52.2 Å². The van der Waals surface area contributed by atoms with Gasteiger partial charge in [-0.05, 0) is 37.3 Å². The number of rotatable bonds is 5. The lowest BCUT2D eigenvalue weighted by molar-refractivity contribution is -0.138. The summed E-state index contributed by atoms with van der Waals surface area (Å²) < 4.78 is 11.5. The highest BCUT2D eigenvalue weighted by molar-refractivity contribution is 9.10. The van der Waals surface area contributed by atoms with Crippen molar-refractivity contribution in [3.63, 3.8) is 0 Å². The first-order valence-corrected chi connectivity index (χ1v) is 8.07. The molecule has 0 radical (unpaired) electrons. The van der Waals surface area contributed by atoms with E-state index in [0.717, 1.165) is 10.0 Å². The molecule has 0 saturated carbocycles. The molecular formula is C16H17BrN2O3S. The van der Waals surface area contributed by atoms with Gasteiger partial charge in [-0.15, -0.1) is 0 Å². The van der Waals surface area contributed by atoms with E-state index in [1.165, 1.54) is 6.08 Å². The fraction of sp³-hybridized carbons (Fsp3) is 0.250. The molecule has 5 nitrogen and oxygen atoms in total. The van der Waals surface area contributed by atoms with Gasteiger partial charge in [0.25, 0.3) is 0 Å². The molecule has 0 fully saturated rings. The molecule has 1 aromatic carbocycles. The molecule has 0 aromatic heterocycles. The van der Waals surface area contributed by atoms with Crippen LogP contribution in [0.3, 0.4) is 0 Å². The molecule has 0 aliphatic carbocycles. The second kappa shape index (κ2) is 7.61. The van der Waals surface area contributed by atoms with Gasteiger partial charge >= 0.3 is 5.97 Å². The predicted molar refractivity (Wildman–Crippen MR) is 96.2 cm³/mol. The fourth-order valence-electron chi connectivity index (χ4n) is 2.34. The average Bonchev–Trinajstić information content (AvgIpc) is 2.51. The van der Waals surface area contributed by atoms with Crippen LogP contribution in [0.4, 0.5) is 0 Å². The molecule has 1 atom stereocenters. The highest BCUT2D eigenvalue weighted by Gasteiger charge is 2.32. The Bertz CT molecular complexity index is 688. The quantitative estimate of drug-likeness (QED) is 0.453. The number of thiocarbonyl (C=S) groups is 1. The summed E-state index contributed by atoms with van der Waals surface area (Å²) in [5.74, 6) is 0.217. The maximum absolute atomic E-state index is 12.4. The van der Waals surface area contributed by atoms with Crippen molar-refractivity contribution in [3.8, 4) is 5.75 Å². The van der Waals surface area contributed by atoms with Gasteiger partial charge in [0.05, 0.1) is 18.7 Å². The number of halogens is 1. The Balaban J connectivity index is 2.51. The van der Waals surface area contributed by atoms with Crippen molar-refractivity contribution in [2.75, 3.05) is 13.7 Å². The van der Waals surface area contributed by atoms with Crippen LogP contribution in [0, 0.1) is 0 Å². The van der Waals surface area contributed by atoms with Crippen LogP contribution >= 0.6 is 28.1 Å².